The fourth-order valence-corrected chi connectivity index (χ4v) is 1.42. The third-order valence-electron chi connectivity index (χ3n) is 2.30. The van der Waals surface area contributed by atoms with Crippen molar-refractivity contribution in [3.8, 4) is 0 Å². The molecule has 3 N–H and O–H groups in total. The molecule has 0 aromatic heterocycles. The van der Waals surface area contributed by atoms with Gasteiger partial charge >= 0.3 is 0 Å². The number of carbonyl (C=O) groups excluding carboxylic acids is 1. The van der Waals surface area contributed by atoms with Gasteiger partial charge in [0.2, 0.25) is 5.91 Å². The molecule has 3 heteroatoms. The van der Waals surface area contributed by atoms with E-state index in [-0.39, 0.29) is 5.91 Å². The minimum atomic E-state index is 0.189. The Balaban J connectivity index is 2.03. The van der Waals surface area contributed by atoms with Crippen LogP contribution in [0.3, 0.4) is 0 Å². The van der Waals surface area contributed by atoms with E-state index in [9.17, 15) is 4.79 Å². The lowest BCUT2D eigenvalue weighted by atomic mass is 9.87. The zero-order valence-corrected chi connectivity index (χ0v) is 7.68. The first-order valence-corrected chi connectivity index (χ1v) is 4.77. The van der Waals surface area contributed by atoms with Gasteiger partial charge in [0, 0.05) is 18.5 Å². The highest BCUT2D eigenvalue weighted by atomic mass is 16.1. The highest BCUT2D eigenvalue weighted by Gasteiger charge is 2.26. The Morgan fingerprint density at radius 1 is 1.58 bits per heavy atom. The summed E-state index contributed by atoms with van der Waals surface area (Å²) in [7, 11) is 0. The molecule has 1 aliphatic rings. The van der Waals surface area contributed by atoms with Gasteiger partial charge in [-0.05, 0) is 19.3 Å². The highest BCUT2D eigenvalue weighted by molar-refractivity contribution is 5.76. The summed E-state index contributed by atoms with van der Waals surface area (Å²) in [5, 5.41) is 2.96. The third-order valence-corrected chi connectivity index (χ3v) is 2.30. The van der Waals surface area contributed by atoms with Crippen LogP contribution in [-0.4, -0.2) is 18.0 Å². The number of nitrogens with two attached hydrogens (primary N) is 1. The van der Waals surface area contributed by atoms with E-state index in [1.54, 1.807) is 0 Å². The Morgan fingerprint density at radius 2 is 2.25 bits per heavy atom. The Labute approximate surface area is 73.7 Å². The van der Waals surface area contributed by atoms with Crippen molar-refractivity contribution in [3.63, 3.8) is 0 Å². The largest absolute Gasteiger partial charge is 0.353 e. The standard InChI is InChI=1S/C9H18N2O/c1-2-3-4-9(12)11-8-5-7(10)6-8/h7-8H,2-6,10H2,1H3,(H,11,12). The number of rotatable bonds is 4. The first kappa shape index (κ1) is 9.52. The lowest BCUT2D eigenvalue weighted by molar-refractivity contribution is -0.122. The van der Waals surface area contributed by atoms with E-state index in [0.29, 0.717) is 18.5 Å². The van der Waals surface area contributed by atoms with E-state index < -0.39 is 0 Å². The van der Waals surface area contributed by atoms with Gasteiger partial charge in [0.15, 0.2) is 0 Å². The van der Waals surface area contributed by atoms with Crippen LogP contribution in [0.25, 0.3) is 0 Å². The van der Waals surface area contributed by atoms with Crippen molar-refractivity contribution in [1.29, 1.82) is 0 Å². The summed E-state index contributed by atoms with van der Waals surface area (Å²) in [6, 6.07) is 0.686. The molecular formula is C9H18N2O. The molecule has 3 nitrogen and oxygen atoms in total. The smallest absolute Gasteiger partial charge is 0.220 e. The van der Waals surface area contributed by atoms with Gasteiger partial charge in [-0.3, -0.25) is 4.79 Å². The maximum Gasteiger partial charge on any atom is 0.220 e. The van der Waals surface area contributed by atoms with Crippen LogP contribution >= 0.6 is 0 Å². The molecule has 0 bridgehead atoms. The van der Waals surface area contributed by atoms with Gasteiger partial charge in [-0.15, -0.1) is 0 Å². The fraction of sp³-hybridized carbons (Fsp3) is 0.889. The van der Waals surface area contributed by atoms with E-state index in [1.807, 2.05) is 0 Å². The molecule has 1 amide bonds. The quantitative estimate of drug-likeness (QED) is 0.655. The molecule has 70 valence electrons. The first-order valence-electron chi connectivity index (χ1n) is 4.77. The molecular weight excluding hydrogens is 152 g/mol. The van der Waals surface area contributed by atoms with Crippen LogP contribution in [0.2, 0.25) is 0 Å². The zero-order chi connectivity index (χ0) is 8.97. The Bertz CT molecular complexity index is 153. The molecule has 0 unspecified atom stereocenters. The second-order valence-electron chi connectivity index (χ2n) is 3.60. The van der Waals surface area contributed by atoms with Crippen molar-refractivity contribution in [1.82, 2.24) is 5.32 Å². The summed E-state index contributed by atoms with van der Waals surface area (Å²) in [5.41, 5.74) is 5.59. The molecule has 0 spiro atoms. The molecule has 0 aliphatic heterocycles. The van der Waals surface area contributed by atoms with Crippen molar-refractivity contribution in [2.24, 2.45) is 5.73 Å². The summed E-state index contributed by atoms with van der Waals surface area (Å²) in [5.74, 6) is 0.189. The molecule has 1 aliphatic carbocycles. The monoisotopic (exact) mass is 170 g/mol. The molecule has 0 aromatic carbocycles. The van der Waals surface area contributed by atoms with Gasteiger partial charge in [0.05, 0.1) is 0 Å². The van der Waals surface area contributed by atoms with Crippen LogP contribution in [-0.2, 0) is 4.79 Å². The number of nitrogens with one attached hydrogen (secondary N) is 1. The zero-order valence-electron chi connectivity index (χ0n) is 7.68. The molecule has 1 saturated carbocycles. The van der Waals surface area contributed by atoms with Crippen molar-refractivity contribution in [2.45, 2.75) is 51.1 Å². The van der Waals surface area contributed by atoms with Gasteiger partial charge in [-0.25, -0.2) is 0 Å². The van der Waals surface area contributed by atoms with E-state index in [0.717, 1.165) is 25.7 Å². The van der Waals surface area contributed by atoms with Crippen LogP contribution < -0.4 is 11.1 Å². The van der Waals surface area contributed by atoms with Crippen molar-refractivity contribution in [3.05, 3.63) is 0 Å². The minimum Gasteiger partial charge on any atom is -0.353 e. The van der Waals surface area contributed by atoms with E-state index in [2.05, 4.69) is 12.2 Å². The molecule has 0 radical (unpaired) electrons. The second kappa shape index (κ2) is 4.45. The van der Waals surface area contributed by atoms with Gasteiger partial charge in [0.1, 0.15) is 0 Å². The number of carbonyl (C=O) groups is 1. The summed E-state index contributed by atoms with van der Waals surface area (Å²) >= 11 is 0. The molecule has 0 heterocycles. The molecule has 1 fully saturated rings. The number of amides is 1. The summed E-state index contributed by atoms with van der Waals surface area (Å²) in [6.45, 7) is 2.09. The minimum absolute atomic E-state index is 0.189. The topological polar surface area (TPSA) is 55.1 Å². The number of hydrogen-bond donors (Lipinski definition) is 2. The predicted molar refractivity (Wildman–Crippen MR) is 48.7 cm³/mol. The fourth-order valence-electron chi connectivity index (χ4n) is 1.42. The van der Waals surface area contributed by atoms with Crippen LogP contribution in [0.15, 0.2) is 0 Å². The highest BCUT2D eigenvalue weighted by Crippen LogP contribution is 2.17. The maximum atomic E-state index is 11.2. The van der Waals surface area contributed by atoms with Gasteiger partial charge < -0.3 is 11.1 Å². The molecule has 12 heavy (non-hydrogen) atoms. The van der Waals surface area contributed by atoms with E-state index >= 15 is 0 Å². The molecule has 0 atom stereocenters. The van der Waals surface area contributed by atoms with E-state index in [1.165, 1.54) is 0 Å². The SMILES string of the molecule is CCCCC(=O)NC1CC(N)C1. The van der Waals surface area contributed by atoms with Gasteiger partial charge in [-0.1, -0.05) is 13.3 Å². The second-order valence-corrected chi connectivity index (χ2v) is 3.60. The van der Waals surface area contributed by atoms with Crippen molar-refractivity contribution < 1.29 is 4.79 Å². The lowest BCUT2D eigenvalue weighted by Crippen LogP contribution is -2.50. The Morgan fingerprint density at radius 3 is 2.75 bits per heavy atom. The average Bonchev–Trinajstić information content (AvgIpc) is 1.98. The van der Waals surface area contributed by atoms with Crippen molar-refractivity contribution >= 4 is 5.91 Å². The predicted octanol–water partition coefficient (Wildman–Crippen LogP) is 0.783. The molecule has 1 rings (SSSR count). The molecule has 0 saturated heterocycles. The van der Waals surface area contributed by atoms with Crippen LogP contribution in [0, 0.1) is 0 Å². The normalized spacial score (nSPS) is 27.8. The van der Waals surface area contributed by atoms with Crippen LogP contribution in [0.5, 0.6) is 0 Å². The summed E-state index contributed by atoms with van der Waals surface area (Å²) < 4.78 is 0. The van der Waals surface area contributed by atoms with E-state index in [4.69, 9.17) is 5.73 Å². The Hall–Kier alpha value is -0.570. The van der Waals surface area contributed by atoms with Gasteiger partial charge in [-0.2, -0.15) is 0 Å². The summed E-state index contributed by atoms with van der Waals surface area (Å²) in [6.07, 6.45) is 4.65. The van der Waals surface area contributed by atoms with Gasteiger partial charge in [0.25, 0.3) is 0 Å². The first-order chi connectivity index (χ1) is 5.72. The van der Waals surface area contributed by atoms with Crippen LogP contribution in [0.4, 0.5) is 0 Å². The molecule has 0 aromatic rings. The lowest BCUT2D eigenvalue weighted by Gasteiger charge is -2.32. The summed E-state index contributed by atoms with van der Waals surface area (Å²) in [4.78, 5) is 11.2. The van der Waals surface area contributed by atoms with Crippen molar-refractivity contribution in [2.75, 3.05) is 0 Å². The number of hydrogen-bond acceptors (Lipinski definition) is 2. The third kappa shape index (κ3) is 2.81. The maximum absolute atomic E-state index is 11.2. The average molecular weight is 170 g/mol. The number of unbranched alkanes of at least 4 members (excludes halogenated alkanes) is 1. The van der Waals surface area contributed by atoms with Crippen LogP contribution in [0.1, 0.15) is 39.0 Å². The Kier molecular flexibility index (Phi) is 3.53.